The van der Waals surface area contributed by atoms with Crippen LogP contribution in [0.3, 0.4) is 0 Å². The molecule has 2 aromatic rings. The number of rotatable bonds is 4. The number of nitrogens with two attached hydrogens (primary N) is 1. The van der Waals surface area contributed by atoms with Gasteiger partial charge in [-0.25, -0.2) is 0 Å². The molecule has 0 aliphatic carbocycles. The molecule has 5 heteroatoms. The topological polar surface area (TPSA) is 61.7 Å². The quantitative estimate of drug-likeness (QED) is 0.911. The molecule has 1 aliphatic rings. The van der Waals surface area contributed by atoms with Gasteiger partial charge in [0.2, 0.25) is 0 Å². The van der Waals surface area contributed by atoms with Crippen molar-refractivity contribution in [1.82, 2.24) is 19.3 Å². The van der Waals surface area contributed by atoms with Crippen molar-refractivity contribution in [1.29, 1.82) is 0 Å². The van der Waals surface area contributed by atoms with Gasteiger partial charge in [0.05, 0.1) is 6.54 Å². The fourth-order valence-corrected chi connectivity index (χ4v) is 2.66. The van der Waals surface area contributed by atoms with Gasteiger partial charge < -0.3 is 14.9 Å². The van der Waals surface area contributed by atoms with Crippen LogP contribution in [-0.2, 0) is 19.5 Å². The fourth-order valence-electron chi connectivity index (χ4n) is 2.66. The van der Waals surface area contributed by atoms with Crippen LogP contribution in [0.15, 0.2) is 18.5 Å². The van der Waals surface area contributed by atoms with E-state index in [1.54, 1.807) is 0 Å². The fraction of sp³-hybridized carbons (Fsp3) is 0.571. The van der Waals surface area contributed by atoms with E-state index in [0.29, 0.717) is 0 Å². The van der Waals surface area contributed by atoms with Crippen molar-refractivity contribution in [3.05, 3.63) is 35.7 Å². The molecule has 2 aromatic heterocycles. The average molecular weight is 259 g/mol. The maximum absolute atomic E-state index is 6.05. The number of aromatic nitrogens is 4. The van der Waals surface area contributed by atoms with Crippen molar-refractivity contribution in [2.24, 2.45) is 5.73 Å². The summed E-state index contributed by atoms with van der Waals surface area (Å²) in [6, 6.07) is 2.23. The van der Waals surface area contributed by atoms with Gasteiger partial charge in [0.15, 0.2) is 5.82 Å². The van der Waals surface area contributed by atoms with Crippen LogP contribution < -0.4 is 5.73 Å². The zero-order valence-electron chi connectivity index (χ0n) is 11.4. The van der Waals surface area contributed by atoms with Gasteiger partial charge in [0.25, 0.3) is 0 Å². The van der Waals surface area contributed by atoms with E-state index in [0.717, 1.165) is 37.6 Å². The molecule has 0 radical (unpaired) electrons. The van der Waals surface area contributed by atoms with Crippen molar-refractivity contribution in [3.8, 4) is 0 Å². The van der Waals surface area contributed by atoms with E-state index >= 15 is 0 Å². The van der Waals surface area contributed by atoms with Crippen LogP contribution in [0.25, 0.3) is 0 Å². The maximum Gasteiger partial charge on any atom is 0.152 e. The first-order valence-corrected chi connectivity index (χ1v) is 7.10. The first-order valence-electron chi connectivity index (χ1n) is 7.10. The van der Waals surface area contributed by atoms with Crippen LogP contribution in [0.1, 0.15) is 49.4 Å². The van der Waals surface area contributed by atoms with Crippen LogP contribution in [0.4, 0.5) is 0 Å². The molecule has 0 bridgehead atoms. The summed E-state index contributed by atoms with van der Waals surface area (Å²) in [4.78, 5) is 0. The normalized spacial score (nSPS) is 16.3. The van der Waals surface area contributed by atoms with Crippen LogP contribution >= 0.6 is 0 Å². The highest BCUT2D eigenvalue weighted by Gasteiger charge is 2.16. The van der Waals surface area contributed by atoms with Crippen molar-refractivity contribution < 1.29 is 0 Å². The van der Waals surface area contributed by atoms with Gasteiger partial charge >= 0.3 is 0 Å². The summed E-state index contributed by atoms with van der Waals surface area (Å²) in [6.07, 6.45) is 8.69. The monoisotopic (exact) mass is 259 g/mol. The predicted molar refractivity (Wildman–Crippen MR) is 73.7 cm³/mol. The second-order valence-corrected chi connectivity index (χ2v) is 5.27. The zero-order chi connectivity index (χ0) is 13.2. The largest absolute Gasteiger partial charge is 0.346 e. The molecule has 102 valence electrons. The molecule has 5 nitrogen and oxygen atoms in total. The summed E-state index contributed by atoms with van der Waals surface area (Å²) in [5.41, 5.74) is 7.24. The highest BCUT2D eigenvalue weighted by Crippen LogP contribution is 2.17. The molecule has 1 atom stereocenters. The molecule has 0 spiro atoms. The van der Waals surface area contributed by atoms with Gasteiger partial charge in [-0.05, 0) is 30.9 Å². The second-order valence-electron chi connectivity index (χ2n) is 5.27. The summed E-state index contributed by atoms with van der Waals surface area (Å²) in [5.74, 6) is 2.20. The third-order valence-corrected chi connectivity index (χ3v) is 3.90. The lowest BCUT2D eigenvalue weighted by atomic mass is 10.1. The highest BCUT2D eigenvalue weighted by molar-refractivity contribution is 5.15. The Morgan fingerprint density at radius 3 is 3.11 bits per heavy atom. The van der Waals surface area contributed by atoms with Gasteiger partial charge in [0, 0.05) is 31.4 Å². The molecule has 0 amide bonds. The molecule has 19 heavy (non-hydrogen) atoms. The predicted octanol–water partition coefficient (Wildman–Crippen LogP) is 1.87. The third kappa shape index (κ3) is 2.42. The number of hydrogen-bond acceptors (Lipinski definition) is 3. The standard InChI is InChI=1S/C14H21N5/c1-2-12(15)11-6-8-18(9-11)10-14-17-16-13-5-3-4-7-19(13)14/h6,8-9,12H,2-5,7,10,15H2,1H3. The summed E-state index contributed by atoms with van der Waals surface area (Å²) in [7, 11) is 0. The highest BCUT2D eigenvalue weighted by atomic mass is 15.3. The molecule has 1 unspecified atom stereocenters. The Kier molecular flexibility index (Phi) is 3.38. The van der Waals surface area contributed by atoms with Crippen molar-refractivity contribution in [2.45, 2.75) is 51.7 Å². The van der Waals surface area contributed by atoms with Crippen molar-refractivity contribution in [3.63, 3.8) is 0 Å². The Morgan fingerprint density at radius 1 is 1.37 bits per heavy atom. The molecule has 0 fully saturated rings. The molecule has 1 aliphatic heterocycles. The van der Waals surface area contributed by atoms with E-state index in [1.165, 1.54) is 18.4 Å². The van der Waals surface area contributed by atoms with Gasteiger partial charge in [0.1, 0.15) is 5.82 Å². The molecule has 3 rings (SSSR count). The van der Waals surface area contributed by atoms with Crippen LogP contribution in [0, 0.1) is 0 Å². The number of hydrogen-bond donors (Lipinski definition) is 1. The molecule has 0 aromatic carbocycles. The third-order valence-electron chi connectivity index (χ3n) is 3.90. The van der Waals surface area contributed by atoms with Crippen LogP contribution in [-0.4, -0.2) is 19.3 Å². The van der Waals surface area contributed by atoms with Crippen LogP contribution in [0.2, 0.25) is 0 Å². The van der Waals surface area contributed by atoms with Gasteiger partial charge in [-0.3, -0.25) is 0 Å². The SMILES string of the molecule is CCC(N)c1ccn(Cc2nnc3n2CCCC3)c1. The summed E-state index contributed by atoms with van der Waals surface area (Å²) < 4.78 is 4.42. The Morgan fingerprint density at radius 2 is 2.26 bits per heavy atom. The Bertz CT molecular complexity index is 554. The first-order chi connectivity index (χ1) is 9.28. The Labute approximate surface area is 113 Å². The first kappa shape index (κ1) is 12.4. The van der Waals surface area contributed by atoms with Gasteiger partial charge in [-0.2, -0.15) is 0 Å². The van der Waals surface area contributed by atoms with E-state index in [2.05, 4.69) is 44.7 Å². The van der Waals surface area contributed by atoms with E-state index in [9.17, 15) is 0 Å². The Balaban J connectivity index is 1.78. The van der Waals surface area contributed by atoms with Crippen LogP contribution in [0.5, 0.6) is 0 Å². The second kappa shape index (κ2) is 5.17. The summed E-state index contributed by atoms with van der Waals surface area (Å²) >= 11 is 0. The van der Waals surface area contributed by atoms with Crippen molar-refractivity contribution >= 4 is 0 Å². The van der Waals surface area contributed by atoms with Gasteiger partial charge in [-0.1, -0.05) is 6.92 Å². The van der Waals surface area contributed by atoms with E-state index in [1.807, 2.05) is 0 Å². The molecular formula is C14H21N5. The molecule has 0 saturated heterocycles. The van der Waals surface area contributed by atoms with Gasteiger partial charge in [-0.15, -0.1) is 10.2 Å². The summed E-state index contributed by atoms with van der Waals surface area (Å²) in [5, 5.41) is 8.61. The maximum atomic E-state index is 6.05. The lowest BCUT2D eigenvalue weighted by molar-refractivity contribution is 0.501. The van der Waals surface area contributed by atoms with E-state index < -0.39 is 0 Å². The average Bonchev–Trinajstić information content (AvgIpc) is 3.06. The minimum absolute atomic E-state index is 0.133. The number of nitrogens with zero attached hydrogens (tertiary/aromatic N) is 4. The summed E-state index contributed by atoms with van der Waals surface area (Å²) in [6.45, 7) is 3.95. The molecule has 3 heterocycles. The number of fused-ring (bicyclic) bond motifs is 1. The minimum atomic E-state index is 0.133. The van der Waals surface area contributed by atoms with E-state index in [-0.39, 0.29) is 6.04 Å². The lowest BCUT2D eigenvalue weighted by Crippen LogP contribution is -2.14. The van der Waals surface area contributed by atoms with E-state index in [4.69, 9.17) is 5.73 Å². The Hall–Kier alpha value is -1.62. The smallest absolute Gasteiger partial charge is 0.152 e. The molecular weight excluding hydrogens is 238 g/mol. The lowest BCUT2D eigenvalue weighted by Gasteiger charge is -2.14. The van der Waals surface area contributed by atoms with Crippen molar-refractivity contribution in [2.75, 3.05) is 0 Å². The molecule has 2 N–H and O–H groups in total. The molecule has 0 saturated carbocycles. The minimum Gasteiger partial charge on any atom is -0.346 e. The number of aryl methyl sites for hydroxylation is 1. The zero-order valence-corrected chi connectivity index (χ0v) is 11.4.